The largest absolute Gasteiger partial charge is 0.309 e. The molecule has 0 amide bonds. The van der Waals surface area contributed by atoms with Crippen molar-refractivity contribution in [3.8, 4) is 0 Å². The zero-order valence-electron chi connectivity index (χ0n) is 12.6. The van der Waals surface area contributed by atoms with Crippen LogP contribution in [0.5, 0.6) is 0 Å². The van der Waals surface area contributed by atoms with Gasteiger partial charge < -0.3 is 4.57 Å². The number of thiol groups is 1. The van der Waals surface area contributed by atoms with Crippen LogP contribution in [0.15, 0.2) is 17.1 Å². The van der Waals surface area contributed by atoms with Crippen LogP contribution in [0.25, 0.3) is 0 Å². The standard InChI is InChI=1S/C15H24N2O3S/c1-13-11-15(18)16(12-14(13)17(19)20)9-7-5-3-2-4-6-8-10-21/h11-12,21H,2-10H2,1H3. The molecule has 0 aliphatic rings. The lowest BCUT2D eigenvalue weighted by Gasteiger charge is -2.06. The van der Waals surface area contributed by atoms with E-state index in [-0.39, 0.29) is 11.2 Å². The molecule has 1 rings (SSSR count). The maximum Gasteiger partial charge on any atom is 0.288 e. The molecule has 1 aromatic rings. The molecule has 0 N–H and O–H groups in total. The number of pyridine rings is 1. The molecule has 21 heavy (non-hydrogen) atoms. The van der Waals surface area contributed by atoms with E-state index in [1.165, 1.54) is 42.5 Å². The second-order valence-electron chi connectivity index (χ2n) is 5.33. The third kappa shape index (κ3) is 6.33. The van der Waals surface area contributed by atoms with E-state index >= 15 is 0 Å². The van der Waals surface area contributed by atoms with Crippen LogP contribution in [0, 0.1) is 17.0 Å². The fourth-order valence-electron chi connectivity index (χ4n) is 2.30. The SMILES string of the molecule is Cc1cc(=O)n(CCCCCCCCCS)cc1[N+](=O)[O-]. The summed E-state index contributed by atoms with van der Waals surface area (Å²) in [5.41, 5.74) is 0.277. The topological polar surface area (TPSA) is 65.1 Å². The Morgan fingerprint density at radius 3 is 2.29 bits per heavy atom. The summed E-state index contributed by atoms with van der Waals surface area (Å²) >= 11 is 4.18. The Hall–Kier alpha value is -1.30. The van der Waals surface area contributed by atoms with Crippen LogP contribution < -0.4 is 5.56 Å². The summed E-state index contributed by atoms with van der Waals surface area (Å²) in [4.78, 5) is 22.2. The highest BCUT2D eigenvalue weighted by Gasteiger charge is 2.12. The molecule has 0 unspecified atom stereocenters. The summed E-state index contributed by atoms with van der Waals surface area (Å²) in [7, 11) is 0. The lowest BCUT2D eigenvalue weighted by Crippen LogP contribution is -2.20. The number of nitrogens with zero attached hydrogens (tertiary/aromatic N) is 2. The summed E-state index contributed by atoms with van der Waals surface area (Å²) in [6, 6.07) is 1.34. The van der Waals surface area contributed by atoms with Crippen molar-refractivity contribution in [2.75, 3.05) is 5.75 Å². The second-order valence-corrected chi connectivity index (χ2v) is 5.78. The molecule has 0 atom stereocenters. The molecule has 6 heteroatoms. The van der Waals surface area contributed by atoms with Crippen molar-refractivity contribution in [1.82, 2.24) is 4.57 Å². The third-order valence-electron chi connectivity index (χ3n) is 3.56. The monoisotopic (exact) mass is 312 g/mol. The van der Waals surface area contributed by atoms with Crippen molar-refractivity contribution in [3.63, 3.8) is 0 Å². The van der Waals surface area contributed by atoms with Crippen molar-refractivity contribution < 1.29 is 4.92 Å². The zero-order chi connectivity index (χ0) is 15.7. The summed E-state index contributed by atoms with van der Waals surface area (Å²) in [6.07, 6.45) is 9.28. The smallest absolute Gasteiger partial charge is 0.288 e. The first-order chi connectivity index (χ1) is 10.1. The van der Waals surface area contributed by atoms with Gasteiger partial charge in [-0.2, -0.15) is 12.6 Å². The lowest BCUT2D eigenvalue weighted by molar-refractivity contribution is -0.385. The predicted molar refractivity (Wildman–Crippen MR) is 88.3 cm³/mol. The van der Waals surface area contributed by atoms with E-state index in [1.807, 2.05) is 0 Å². The van der Waals surface area contributed by atoms with Gasteiger partial charge in [-0.25, -0.2) is 0 Å². The number of unbranched alkanes of at least 4 members (excludes halogenated alkanes) is 6. The van der Waals surface area contributed by atoms with E-state index < -0.39 is 4.92 Å². The maximum atomic E-state index is 11.8. The highest BCUT2D eigenvalue weighted by molar-refractivity contribution is 7.80. The van der Waals surface area contributed by atoms with Crippen molar-refractivity contribution in [3.05, 3.63) is 38.3 Å². The van der Waals surface area contributed by atoms with E-state index in [4.69, 9.17) is 0 Å². The minimum absolute atomic E-state index is 0.0151. The van der Waals surface area contributed by atoms with Crippen molar-refractivity contribution in [2.45, 2.75) is 58.4 Å². The van der Waals surface area contributed by atoms with Gasteiger partial charge in [0.05, 0.1) is 11.1 Å². The molecule has 0 bridgehead atoms. The molecule has 0 aliphatic carbocycles. The van der Waals surface area contributed by atoms with Gasteiger partial charge in [0.2, 0.25) is 0 Å². The number of hydrogen-bond acceptors (Lipinski definition) is 4. The van der Waals surface area contributed by atoms with Crippen LogP contribution in [0.4, 0.5) is 5.69 Å². The fraction of sp³-hybridized carbons (Fsp3) is 0.667. The first kappa shape index (κ1) is 17.8. The van der Waals surface area contributed by atoms with E-state index in [0.717, 1.165) is 25.0 Å². The van der Waals surface area contributed by atoms with Crippen LogP contribution in [-0.2, 0) is 6.54 Å². The van der Waals surface area contributed by atoms with Gasteiger partial charge in [-0.15, -0.1) is 0 Å². The van der Waals surface area contributed by atoms with Gasteiger partial charge in [-0.1, -0.05) is 32.1 Å². The average Bonchev–Trinajstić information content (AvgIpc) is 2.43. The van der Waals surface area contributed by atoms with Gasteiger partial charge in [0.1, 0.15) is 0 Å². The summed E-state index contributed by atoms with van der Waals surface area (Å²) < 4.78 is 1.45. The van der Waals surface area contributed by atoms with E-state index in [2.05, 4.69) is 12.6 Å². The minimum Gasteiger partial charge on any atom is -0.309 e. The number of hydrogen-bond donors (Lipinski definition) is 1. The molecule has 0 saturated carbocycles. The zero-order valence-corrected chi connectivity index (χ0v) is 13.5. The van der Waals surface area contributed by atoms with Gasteiger partial charge in [-0.3, -0.25) is 14.9 Å². The number of nitro groups is 1. The molecule has 118 valence electrons. The molecule has 5 nitrogen and oxygen atoms in total. The Morgan fingerprint density at radius 1 is 1.14 bits per heavy atom. The maximum absolute atomic E-state index is 11.8. The Bertz CT molecular complexity index is 514. The minimum atomic E-state index is -0.438. The van der Waals surface area contributed by atoms with Gasteiger partial charge in [0.25, 0.3) is 11.2 Å². The Balaban J connectivity index is 2.37. The van der Waals surface area contributed by atoms with Gasteiger partial charge in [0, 0.05) is 18.2 Å². The van der Waals surface area contributed by atoms with E-state index in [1.54, 1.807) is 6.92 Å². The Labute approximate surface area is 130 Å². The highest BCUT2D eigenvalue weighted by atomic mass is 32.1. The third-order valence-corrected chi connectivity index (χ3v) is 3.88. The molecule has 0 spiro atoms. The van der Waals surface area contributed by atoms with Crippen LogP contribution in [0.2, 0.25) is 0 Å². The van der Waals surface area contributed by atoms with Crippen LogP contribution in [0.3, 0.4) is 0 Å². The van der Waals surface area contributed by atoms with E-state index in [0.29, 0.717) is 12.1 Å². The first-order valence-electron chi connectivity index (χ1n) is 7.52. The normalized spacial score (nSPS) is 10.8. The molecular formula is C15H24N2O3S. The van der Waals surface area contributed by atoms with E-state index in [9.17, 15) is 14.9 Å². The molecule has 0 saturated heterocycles. The molecule has 1 heterocycles. The number of aromatic nitrogens is 1. The molecule has 0 aromatic carbocycles. The Morgan fingerprint density at radius 2 is 1.71 bits per heavy atom. The average molecular weight is 312 g/mol. The molecule has 0 radical (unpaired) electrons. The van der Waals surface area contributed by atoms with Gasteiger partial charge in [-0.05, 0) is 25.5 Å². The molecule has 0 aliphatic heterocycles. The summed E-state index contributed by atoms with van der Waals surface area (Å²) in [5, 5.41) is 10.9. The van der Waals surface area contributed by atoms with Gasteiger partial charge in [0.15, 0.2) is 0 Å². The quantitative estimate of drug-likeness (QED) is 0.310. The van der Waals surface area contributed by atoms with Crippen molar-refractivity contribution >= 4 is 18.3 Å². The van der Waals surface area contributed by atoms with Crippen LogP contribution >= 0.6 is 12.6 Å². The number of rotatable bonds is 10. The lowest BCUT2D eigenvalue weighted by atomic mass is 10.1. The van der Waals surface area contributed by atoms with Crippen molar-refractivity contribution in [2.24, 2.45) is 0 Å². The second kappa shape index (κ2) is 9.60. The molecule has 0 fully saturated rings. The fourth-order valence-corrected chi connectivity index (χ4v) is 2.52. The molecular weight excluding hydrogens is 288 g/mol. The highest BCUT2D eigenvalue weighted by Crippen LogP contribution is 2.14. The Kier molecular flexibility index (Phi) is 8.12. The summed E-state index contributed by atoms with van der Waals surface area (Å²) in [5.74, 6) is 0.953. The molecule has 1 aromatic heterocycles. The first-order valence-corrected chi connectivity index (χ1v) is 8.16. The van der Waals surface area contributed by atoms with Crippen LogP contribution in [0.1, 0.15) is 50.5 Å². The van der Waals surface area contributed by atoms with Crippen molar-refractivity contribution in [1.29, 1.82) is 0 Å². The van der Waals surface area contributed by atoms with Crippen LogP contribution in [-0.4, -0.2) is 15.2 Å². The van der Waals surface area contributed by atoms with Gasteiger partial charge >= 0.3 is 0 Å². The summed E-state index contributed by atoms with van der Waals surface area (Å²) in [6.45, 7) is 2.14. The number of aryl methyl sites for hydroxylation is 2. The predicted octanol–water partition coefficient (Wildman–Crippen LogP) is 3.73.